The van der Waals surface area contributed by atoms with E-state index in [0.29, 0.717) is 13.0 Å². The van der Waals surface area contributed by atoms with E-state index in [0.717, 1.165) is 24.6 Å². The Balaban J connectivity index is 2.05. The van der Waals surface area contributed by atoms with Gasteiger partial charge in [0.15, 0.2) is 0 Å². The minimum atomic E-state index is -0.292. The van der Waals surface area contributed by atoms with Crippen LogP contribution in [0.2, 0.25) is 0 Å². The summed E-state index contributed by atoms with van der Waals surface area (Å²) in [6.45, 7) is 2.98. The largest absolute Gasteiger partial charge is 0.393 e. The Morgan fingerprint density at radius 2 is 2.31 bits per heavy atom. The van der Waals surface area contributed by atoms with Gasteiger partial charge in [-0.05, 0) is 38.5 Å². The van der Waals surface area contributed by atoms with E-state index in [1.54, 1.807) is 6.92 Å². The maximum absolute atomic E-state index is 9.28. The van der Waals surface area contributed by atoms with Gasteiger partial charge in [0.25, 0.3) is 0 Å². The Morgan fingerprint density at radius 3 is 2.88 bits per heavy atom. The molecule has 1 aromatic rings. The topological polar surface area (TPSA) is 77.0 Å². The third kappa shape index (κ3) is 2.80. The fourth-order valence-corrected chi connectivity index (χ4v) is 1.83. The summed E-state index contributed by atoms with van der Waals surface area (Å²) >= 11 is 0. The van der Waals surface area contributed by atoms with Crippen LogP contribution in [0.5, 0.6) is 0 Å². The van der Waals surface area contributed by atoms with Crippen molar-refractivity contribution in [3.63, 3.8) is 0 Å². The Morgan fingerprint density at radius 1 is 1.56 bits per heavy atom. The van der Waals surface area contributed by atoms with Crippen molar-refractivity contribution >= 4 is 0 Å². The van der Waals surface area contributed by atoms with Crippen molar-refractivity contribution in [1.29, 1.82) is 0 Å². The molecule has 1 aromatic heterocycles. The van der Waals surface area contributed by atoms with Crippen molar-refractivity contribution in [3.8, 4) is 0 Å². The summed E-state index contributed by atoms with van der Waals surface area (Å²) in [6, 6.07) is 0. The smallest absolute Gasteiger partial charge is 0.0994 e. The molecule has 5 nitrogen and oxygen atoms in total. The third-order valence-corrected chi connectivity index (χ3v) is 3.05. The summed E-state index contributed by atoms with van der Waals surface area (Å²) in [4.78, 5) is 0. The van der Waals surface area contributed by atoms with E-state index in [-0.39, 0.29) is 6.10 Å². The van der Waals surface area contributed by atoms with Gasteiger partial charge in [-0.15, -0.1) is 5.10 Å². The van der Waals surface area contributed by atoms with Gasteiger partial charge in [-0.25, -0.2) is 4.68 Å². The van der Waals surface area contributed by atoms with Crippen molar-refractivity contribution in [2.45, 2.75) is 51.8 Å². The summed E-state index contributed by atoms with van der Waals surface area (Å²) in [5.41, 5.74) is 7.74. The molecule has 2 rings (SSSR count). The average Bonchev–Trinajstić information content (AvgIpc) is 2.96. The van der Waals surface area contributed by atoms with E-state index in [2.05, 4.69) is 10.3 Å². The summed E-state index contributed by atoms with van der Waals surface area (Å²) < 4.78 is 1.91. The van der Waals surface area contributed by atoms with Gasteiger partial charge in [0.1, 0.15) is 0 Å². The number of aliphatic hydroxyl groups is 1. The lowest BCUT2D eigenvalue weighted by Crippen LogP contribution is -2.12. The van der Waals surface area contributed by atoms with E-state index in [1.165, 1.54) is 18.5 Å². The van der Waals surface area contributed by atoms with Gasteiger partial charge in [-0.1, -0.05) is 5.21 Å². The molecule has 0 amide bonds. The van der Waals surface area contributed by atoms with Gasteiger partial charge in [-0.3, -0.25) is 0 Å². The van der Waals surface area contributed by atoms with Crippen LogP contribution in [-0.2, 0) is 19.5 Å². The number of hydrogen-bond acceptors (Lipinski definition) is 4. The first-order chi connectivity index (χ1) is 7.70. The van der Waals surface area contributed by atoms with E-state index < -0.39 is 0 Å². The molecule has 0 spiro atoms. The van der Waals surface area contributed by atoms with Crippen LogP contribution in [-0.4, -0.2) is 26.2 Å². The van der Waals surface area contributed by atoms with Crippen molar-refractivity contribution in [3.05, 3.63) is 11.4 Å². The maximum atomic E-state index is 9.28. The van der Waals surface area contributed by atoms with E-state index in [9.17, 15) is 5.11 Å². The molecule has 16 heavy (non-hydrogen) atoms. The predicted octanol–water partition coefficient (Wildman–Crippen LogP) is 0.460. The molecule has 0 saturated heterocycles. The second-order valence-electron chi connectivity index (χ2n) is 4.70. The molecule has 1 atom stereocenters. The number of hydrogen-bond donors (Lipinski definition) is 2. The van der Waals surface area contributed by atoms with Gasteiger partial charge in [-0.2, -0.15) is 0 Å². The SMILES string of the molecule is CC(O)CCn1nnc(CN)c1CC1CC1. The number of aryl methyl sites for hydroxylation is 1. The summed E-state index contributed by atoms with van der Waals surface area (Å²) in [6.07, 6.45) is 4.08. The quantitative estimate of drug-likeness (QED) is 0.736. The van der Waals surface area contributed by atoms with E-state index in [1.807, 2.05) is 4.68 Å². The minimum Gasteiger partial charge on any atom is -0.393 e. The molecule has 1 unspecified atom stereocenters. The van der Waals surface area contributed by atoms with Crippen LogP contribution in [0, 0.1) is 5.92 Å². The second-order valence-corrected chi connectivity index (χ2v) is 4.70. The molecule has 1 aliphatic rings. The molecule has 0 radical (unpaired) electrons. The van der Waals surface area contributed by atoms with Gasteiger partial charge in [0, 0.05) is 13.1 Å². The first-order valence-corrected chi connectivity index (χ1v) is 6.00. The molecule has 0 aliphatic heterocycles. The molecule has 0 aromatic carbocycles. The summed E-state index contributed by atoms with van der Waals surface area (Å²) in [5, 5.41) is 17.5. The Hall–Kier alpha value is -0.940. The Labute approximate surface area is 95.6 Å². The molecule has 1 aliphatic carbocycles. The number of nitrogens with zero attached hydrogens (tertiary/aromatic N) is 3. The third-order valence-electron chi connectivity index (χ3n) is 3.05. The lowest BCUT2D eigenvalue weighted by atomic mass is 10.1. The van der Waals surface area contributed by atoms with Crippen LogP contribution in [0.25, 0.3) is 0 Å². The van der Waals surface area contributed by atoms with Crippen LogP contribution in [0.3, 0.4) is 0 Å². The van der Waals surface area contributed by atoms with Gasteiger partial charge < -0.3 is 10.8 Å². The number of aromatic nitrogens is 3. The molecule has 5 heteroatoms. The maximum Gasteiger partial charge on any atom is 0.0994 e. The Bertz CT molecular complexity index is 344. The van der Waals surface area contributed by atoms with Crippen LogP contribution >= 0.6 is 0 Å². The fourth-order valence-electron chi connectivity index (χ4n) is 1.83. The first kappa shape index (κ1) is 11.5. The minimum absolute atomic E-state index is 0.292. The Kier molecular flexibility index (Phi) is 3.56. The zero-order valence-electron chi connectivity index (χ0n) is 9.76. The molecule has 1 saturated carbocycles. The molecule has 1 fully saturated rings. The number of nitrogens with two attached hydrogens (primary N) is 1. The first-order valence-electron chi connectivity index (χ1n) is 6.00. The number of rotatable bonds is 6. The lowest BCUT2D eigenvalue weighted by molar-refractivity contribution is 0.175. The molecule has 1 heterocycles. The van der Waals surface area contributed by atoms with E-state index >= 15 is 0 Å². The molecular formula is C11H20N4O. The highest BCUT2D eigenvalue weighted by molar-refractivity contribution is 5.12. The monoisotopic (exact) mass is 224 g/mol. The van der Waals surface area contributed by atoms with Gasteiger partial charge >= 0.3 is 0 Å². The highest BCUT2D eigenvalue weighted by Crippen LogP contribution is 2.33. The van der Waals surface area contributed by atoms with Crippen molar-refractivity contribution in [2.24, 2.45) is 11.7 Å². The molecule has 3 N–H and O–H groups in total. The highest BCUT2D eigenvalue weighted by Gasteiger charge is 2.25. The molecular weight excluding hydrogens is 204 g/mol. The van der Waals surface area contributed by atoms with Crippen LogP contribution < -0.4 is 5.73 Å². The average molecular weight is 224 g/mol. The molecule has 0 bridgehead atoms. The zero-order chi connectivity index (χ0) is 11.5. The summed E-state index contributed by atoms with van der Waals surface area (Å²) in [7, 11) is 0. The van der Waals surface area contributed by atoms with Crippen LogP contribution in [0.15, 0.2) is 0 Å². The normalized spacial score (nSPS) is 17.7. The zero-order valence-corrected chi connectivity index (χ0v) is 9.76. The van der Waals surface area contributed by atoms with Crippen molar-refractivity contribution in [1.82, 2.24) is 15.0 Å². The lowest BCUT2D eigenvalue weighted by Gasteiger charge is -2.08. The highest BCUT2D eigenvalue weighted by atomic mass is 16.3. The van der Waals surface area contributed by atoms with Crippen LogP contribution in [0.1, 0.15) is 37.6 Å². The van der Waals surface area contributed by atoms with Crippen molar-refractivity contribution in [2.75, 3.05) is 0 Å². The van der Waals surface area contributed by atoms with Crippen LogP contribution in [0.4, 0.5) is 0 Å². The standard InChI is InChI=1S/C11H20N4O/c1-8(16)4-5-15-11(6-9-2-3-9)10(7-12)13-14-15/h8-9,16H,2-7,12H2,1H3. The second kappa shape index (κ2) is 4.93. The van der Waals surface area contributed by atoms with Crippen molar-refractivity contribution < 1.29 is 5.11 Å². The fraction of sp³-hybridized carbons (Fsp3) is 0.818. The van der Waals surface area contributed by atoms with Gasteiger partial charge in [0.2, 0.25) is 0 Å². The molecule has 90 valence electrons. The van der Waals surface area contributed by atoms with Gasteiger partial charge in [0.05, 0.1) is 17.5 Å². The predicted molar refractivity (Wildman–Crippen MR) is 60.6 cm³/mol. The van der Waals surface area contributed by atoms with E-state index in [4.69, 9.17) is 5.73 Å². The number of aliphatic hydroxyl groups excluding tert-OH is 1. The summed E-state index contributed by atoms with van der Waals surface area (Å²) in [5.74, 6) is 0.800.